The number of carboxylic acids is 1. The second-order valence-electron chi connectivity index (χ2n) is 7.68. The van der Waals surface area contributed by atoms with Crippen molar-refractivity contribution in [3.8, 4) is 0 Å². The summed E-state index contributed by atoms with van der Waals surface area (Å²) in [5.74, 6) is -1.33. The van der Waals surface area contributed by atoms with E-state index in [2.05, 4.69) is 0 Å². The molecule has 160 valence electrons. The zero-order valence-corrected chi connectivity index (χ0v) is 18.3. The van der Waals surface area contributed by atoms with Gasteiger partial charge in [-0.15, -0.1) is 0 Å². The summed E-state index contributed by atoms with van der Waals surface area (Å²) in [4.78, 5) is 25.8. The summed E-state index contributed by atoms with van der Waals surface area (Å²) < 4.78 is 6.23. The summed E-state index contributed by atoms with van der Waals surface area (Å²) in [6, 6.07) is 15.0. The van der Waals surface area contributed by atoms with Crippen molar-refractivity contribution in [2.24, 2.45) is 5.41 Å². The van der Waals surface area contributed by atoms with Gasteiger partial charge in [-0.1, -0.05) is 47.5 Å². The molecule has 0 bridgehead atoms. The van der Waals surface area contributed by atoms with E-state index < -0.39 is 11.4 Å². The molecule has 0 spiro atoms. The van der Waals surface area contributed by atoms with Gasteiger partial charge >= 0.3 is 5.97 Å². The Morgan fingerprint density at radius 3 is 2.07 bits per heavy atom. The molecule has 3 rings (SSSR count). The molecular weight excluding hydrogens is 425 g/mol. The Morgan fingerprint density at radius 1 is 1.07 bits per heavy atom. The molecular formula is C23H25Cl2NO4. The van der Waals surface area contributed by atoms with Crippen molar-refractivity contribution in [2.75, 3.05) is 26.2 Å². The average Bonchev–Trinajstić information content (AvgIpc) is 2.73. The SMILES string of the molecule is CC(=O)C1(C(=O)O)CCCN(CCOC(c2ccc(Cl)cc2)c2ccc(Cl)cc2)C1. The lowest BCUT2D eigenvalue weighted by atomic mass is 9.77. The molecule has 1 N–H and O–H groups in total. The summed E-state index contributed by atoms with van der Waals surface area (Å²) in [6.45, 7) is 3.26. The van der Waals surface area contributed by atoms with Crippen molar-refractivity contribution in [3.63, 3.8) is 0 Å². The van der Waals surface area contributed by atoms with Crippen LogP contribution in [-0.4, -0.2) is 48.0 Å². The van der Waals surface area contributed by atoms with Crippen LogP contribution in [0.3, 0.4) is 0 Å². The molecule has 0 aromatic heterocycles. The fraction of sp³-hybridized carbons (Fsp3) is 0.391. The third kappa shape index (κ3) is 5.22. The predicted molar refractivity (Wildman–Crippen MR) is 117 cm³/mol. The monoisotopic (exact) mass is 449 g/mol. The van der Waals surface area contributed by atoms with E-state index in [4.69, 9.17) is 27.9 Å². The van der Waals surface area contributed by atoms with Crippen molar-refractivity contribution in [1.82, 2.24) is 4.90 Å². The number of hydrogen-bond acceptors (Lipinski definition) is 4. The standard InChI is InChI=1S/C23H25Cl2NO4/c1-16(27)23(22(28)29)11-2-12-26(15-23)13-14-30-21(17-3-7-19(24)8-4-17)18-5-9-20(25)10-6-18/h3-10,21H,2,11-15H2,1H3,(H,28,29). The van der Waals surface area contributed by atoms with Gasteiger partial charge < -0.3 is 9.84 Å². The van der Waals surface area contributed by atoms with Crippen molar-refractivity contribution in [2.45, 2.75) is 25.9 Å². The van der Waals surface area contributed by atoms with E-state index in [9.17, 15) is 14.7 Å². The molecule has 2 aromatic rings. The number of benzene rings is 2. The van der Waals surface area contributed by atoms with Crippen molar-refractivity contribution in [1.29, 1.82) is 0 Å². The highest BCUT2D eigenvalue weighted by molar-refractivity contribution is 6.30. The number of carbonyl (C=O) groups is 2. The zero-order valence-electron chi connectivity index (χ0n) is 16.8. The fourth-order valence-corrected chi connectivity index (χ4v) is 4.16. The third-order valence-corrected chi connectivity index (χ3v) is 6.20. The number of ether oxygens (including phenoxy) is 1. The maximum atomic E-state index is 12.1. The van der Waals surface area contributed by atoms with Crippen molar-refractivity contribution in [3.05, 3.63) is 69.7 Å². The molecule has 1 fully saturated rings. The second kappa shape index (κ2) is 9.92. The predicted octanol–water partition coefficient (Wildman–Crippen LogP) is 4.86. The molecule has 30 heavy (non-hydrogen) atoms. The number of rotatable bonds is 8. The highest BCUT2D eigenvalue weighted by Gasteiger charge is 2.46. The van der Waals surface area contributed by atoms with Gasteiger partial charge in [-0.05, 0) is 61.7 Å². The number of aliphatic carboxylic acids is 1. The minimum Gasteiger partial charge on any atom is -0.480 e. The van der Waals surface area contributed by atoms with Crippen LogP contribution in [0.4, 0.5) is 0 Å². The van der Waals surface area contributed by atoms with Gasteiger partial charge in [0.2, 0.25) is 0 Å². The quantitative estimate of drug-likeness (QED) is 0.583. The lowest BCUT2D eigenvalue weighted by Crippen LogP contribution is -2.52. The van der Waals surface area contributed by atoms with Gasteiger partial charge in [-0.2, -0.15) is 0 Å². The molecule has 1 saturated heterocycles. The molecule has 1 aliphatic rings. The van der Waals surface area contributed by atoms with E-state index in [1.165, 1.54) is 6.92 Å². The molecule has 1 unspecified atom stereocenters. The number of ketones is 1. The van der Waals surface area contributed by atoms with E-state index in [0.717, 1.165) is 17.7 Å². The van der Waals surface area contributed by atoms with Gasteiger partial charge in [0.05, 0.1) is 6.61 Å². The normalized spacial score (nSPS) is 19.7. The molecule has 1 aliphatic heterocycles. The Hall–Kier alpha value is -1.92. The van der Waals surface area contributed by atoms with Crippen LogP contribution in [0, 0.1) is 5.41 Å². The number of nitrogens with zero attached hydrogens (tertiary/aromatic N) is 1. The highest BCUT2D eigenvalue weighted by Crippen LogP contribution is 2.32. The Labute approximate surface area is 186 Å². The minimum absolute atomic E-state index is 0.216. The van der Waals surface area contributed by atoms with Crippen LogP contribution >= 0.6 is 23.2 Å². The third-order valence-electron chi connectivity index (χ3n) is 5.69. The summed E-state index contributed by atoms with van der Waals surface area (Å²) in [5.41, 5.74) is 0.609. The van der Waals surface area contributed by atoms with Gasteiger partial charge in [-0.3, -0.25) is 14.5 Å². The highest BCUT2D eigenvalue weighted by atomic mass is 35.5. The zero-order chi connectivity index (χ0) is 21.7. The lowest BCUT2D eigenvalue weighted by molar-refractivity contribution is -0.158. The summed E-state index contributed by atoms with van der Waals surface area (Å²) >= 11 is 12.1. The van der Waals surface area contributed by atoms with Crippen molar-refractivity contribution < 1.29 is 19.4 Å². The van der Waals surface area contributed by atoms with Crippen LogP contribution < -0.4 is 0 Å². The number of likely N-dealkylation sites (tertiary alicyclic amines) is 1. The van der Waals surface area contributed by atoms with Crippen LogP contribution in [0.2, 0.25) is 10.0 Å². The smallest absolute Gasteiger partial charge is 0.318 e. The average molecular weight is 450 g/mol. The molecule has 2 aromatic carbocycles. The number of halogens is 2. The number of carboxylic acid groups (broad SMARTS) is 1. The summed E-state index contributed by atoms with van der Waals surface area (Å²) in [7, 11) is 0. The molecule has 5 nitrogen and oxygen atoms in total. The molecule has 0 aliphatic carbocycles. The van der Waals surface area contributed by atoms with Crippen LogP contribution in [0.25, 0.3) is 0 Å². The van der Waals surface area contributed by atoms with Crippen LogP contribution in [0.15, 0.2) is 48.5 Å². The Balaban J connectivity index is 1.70. The lowest BCUT2D eigenvalue weighted by Gasteiger charge is -2.38. The number of hydrogen-bond donors (Lipinski definition) is 1. The molecule has 0 radical (unpaired) electrons. The summed E-state index contributed by atoms with van der Waals surface area (Å²) in [6.07, 6.45) is 0.748. The van der Waals surface area contributed by atoms with E-state index in [1.54, 1.807) is 0 Å². The Kier molecular flexibility index (Phi) is 7.53. The summed E-state index contributed by atoms with van der Waals surface area (Å²) in [5, 5.41) is 10.9. The van der Waals surface area contributed by atoms with E-state index in [1.807, 2.05) is 53.4 Å². The topological polar surface area (TPSA) is 66.8 Å². The van der Waals surface area contributed by atoms with Crippen LogP contribution in [0.1, 0.15) is 37.0 Å². The first-order chi connectivity index (χ1) is 14.3. The van der Waals surface area contributed by atoms with E-state index >= 15 is 0 Å². The van der Waals surface area contributed by atoms with Gasteiger partial charge in [0.25, 0.3) is 0 Å². The molecule has 0 saturated carbocycles. The number of piperidine rings is 1. The molecule has 1 atom stereocenters. The van der Waals surface area contributed by atoms with Gasteiger partial charge in [0, 0.05) is 23.1 Å². The number of carbonyl (C=O) groups excluding carboxylic acids is 1. The van der Waals surface area contributed by atoms with E-state index in [0.29, 0.717) is 36.0 Å². The maximum absolute atomic E-state index is 12.1. The van der Waals surface area contributed by atoms with Gasteiger partial charge in [0.15, 0.2) is 0 Å². The maximum Gasteiger partial charge on any atom is 0.318 e. The first-order valence-corrected chi connectivity index (χ1v) is 10.7. The van der Waals surface area contributed by atoms with Gasteiger partial charge in [-0.25, -0.2) is 0 Å². The van der Waals surface area contributed by atoms with E-state index in [-0.39, 0.29) is 18.4 Å². The first-order valence-electron chi connectivity index (χ1n) is 9.91. The van der Waals surface area contributed by atoms with Crippen molar-refractivity contribution >= 4 is 35.0 Å². The number of Topliss-reactive ketones (excluding diaryl/α,β-unsaturated/α-hetero) is 1. The van der Waals surface area contributed by atoms with Crippen LogP contribution in [0.5, 0.6) is 0 Å². The minimum atomic E-state index is -1.32. The molecule has 1 heterocycles. The Morgan fingerprint density at radius 2 is 1.60 bits per heavy atom. The largest absolute Gasteiger partial charge is 0.480 e. The first kappa shape index (κ1) is 22.8. The second-order valence-corrected chi connectivity index (χ2v) is 8.55. The van der Waals surface area contributed by atoms with Gasteiger partial charge in [0.1, 0.15) is 17.3 Å². The Bertz CT molecular complexity index is 824. The van der Waals surface area contributed by atoms with Crippen LogP contribution in [-0.2, 0) is 14.3 Å². The molecule has 0 amide bonds. The molecule has 7 heteroatoms. The fourth-order valence-electron chi connectivity index (χ4n) is 3.91.